The molecule has 0 bridgehead atoms. The van der Waals surface area contributed by atoms with E-state index in [0.29, 0.717) is 0 Å². The summed E-state index contributed by atoms with van der Waals surface area (Å²) in [5, 5.41) is 0. The molecule has 0 heterocycles. The first-order valence-electron chi connectivity index (χ1n) is 10.2. The Balaban J connectivity index is 1.39. The molecule has 0 aromatic rings. The van der Waals surface area contributed by atoms with Crippen molar-refractivity contribution in [3.63, 3.8) is 0 Å². The van der Waals surface area contributed by atoms with Crippen molar-refractivity contribution in [2.45, 2.75) is 104 Å². The molecule has 0 radical (unpaired) electrons. The van der Waals surface area contributed by atoms with Crippen LogP contribution in [-0.4, -0.2) is 0 Å². The lowest BCUT2D eigenvalue weighted by Crippen LogP contribution is -2.22. The lowest BCUT2D eigenvalue weighted by Gasteiger charge is -2.34. The predicted molar refractivity (Wildman–Crippen MR) is 92.4 cm³/mol. The summed E-state index contributed by atoms with van der Waals surface area (Å²) in [6.45, 7) is 4.86. The smallest absolute Gasteiger partial charge is 0.0269 e. The van der Waals surface area contributed by atoms with Gasteiger partial charge >= 0.3 is 0 Å². The van der Waals surface area contributed by atoms with Gasteiger partial charge in [-0.05, 0) is 67.6 Å². The molecule has 0 saturated heterocycles. The Labute approximate surface area is 133 Å². The van der Waals surface area contributed by atoms with Crippen molar-refractivity contribution in [1.82, 2.24) is 0 Å². The third kappa shape index (κ3) is 4.05. The SMILES string of the molecule is CCC1CCCC(CCCC2(C3CCC(C)CC3)CC2)C1. The summed E-state index contributed by atoms with van der Waals surface area (Å²) in [4.78, 5) is 0. The molecular weight excluding hydrogens is 252 g/mol. The van der Waals surface area contributed by atoms with Gasteiger partial charge in [-0.25, -0.2) is 0 Å². The van der Waals surface area contributed by atoms with E-state index < -0.39 is 0 Å². The van der Waals surface area contributed by atoms with Gasteiger partial charge in [0.25, 0.3) is 0 Å². The normalized spacial score (nSPS) is 39.1. The molecule has 0 heteroatoms. The van der Waals surface area contributed by atoms with Crippen LogP contribution in [0, 0.1) is 29.1 Å². The van der Waals surface area contributed by atoms with Gasteiger partial charge in [0.2, 0.25) is 0 Å². The van der Waals surface area contributed by atoms with Crippen LogP contribution in [-0.2, 0) is 0 Å². The van der Waals surface area contributed by atoms with Gasteiger partial charge in [0.1, 0.15) is 0 Å². The quantitative estimate of drug-likeness (QED) is 0.495. The van der Waals surface area contributed by atoms with Crippen LogP contribution in [0.3, 0.4) is 0 Å². The summed E-state index contributed by atoms with van der Waals surface area (Å²) >= 11 is 0. The van der Waals surface area contributed by atoms with Crippen molar-refractivity contribution in [2.24, 2.45) is 29.1 Å². The first-order chi connectivity index (χ1) is 10.2. The van der Waals surface area contributed by atoms with Crippen LogP contribution in [0.2, 0.25) is 0 Å². The molecular formula is C21H38. The van der Waals surface area contributed by atoms with Crippen LogP contribution in [0.4, 0.5) is 0 Å². The second-order valence-electron chi connectivity index (χ2n) is 9.02. The van der Waals surface area contributed by atoms with Crippen molar-refractivity contribution in [2.75, 3.05) is 0 Å². The largest absolute Gasteiger partial charge is 0.0651 e. The highest BCUT2D eigenvalue weighted by atomic mass is 14.5. The molecule has 21 heavy (non-hydrogen) atoms. The van der Waals surface area contributed by atoms with Crippen LogP contribution in [0.25, 0.3) is 0 Å². The highest BCUT2D eigenvalue weighted by Gasteiger charge is 2.48. The third-order valence-corrected chi connectivity index (χ3v) is 7.53. The van der Waals surface area contributed by atoms with Gasteiger partial charge in [-0.1, -0.05) is 65.2 Å². The lowest BCUT2D eigenvalue weighted by molar-refractivity contribution is 0.174. The second-order valence-corrected chi connectivity index (χ2v) is 9.02. The topological polar surface area (TPSA) is 0 Å². The van der Waals surface area contributed by atoms with Crippen LogP contribution >= 0.6 is 0 Å². The first-order valence-corrected chi connectivity index (χ1v) is 10.2. The highest BCUT2D eigenvalue weighted by Crippen LogP contribution is 2.60. The molecule has 2 atom stereocenters. The first kappa shape index (κ1) is 15.9. The van der Waals surface area contributed by atoms with Crippen molar-refractivity contribution < 1.29 is 0 Å². The van der Waals surface area contributed by atoms with E-state index in [1.165, 1.54) is 32.1 Å². The second kappa shape index (κ2) is 7.05. The van der Waals surface area contributed by atoms with E-state index in [0.717, 1.165) is 29.1 Å². The number of rotatable bonds is 6. The molecule has 0 nitrogen and oxygen atoms in total. The molecule has 3 aliphatic carbocycles. The Morgan fingerprint density at radius 2 is 1.62 bits per heavy atom. The van der Waals surface area contributed by atoms with Gasteiger partial charge in [-0.3, -0.25) is 0 Å². The van der Waals surface area contributed by atoms with Gasteiger partial charge < -0.3 is 0 Å². The van der Waals surface area contributed by atoms with Gasteiger partial charge in [0.15, 0.2) is 0 Å². The zero-order valence-electron chi connectivity index (χ0n) is 14.7. The molecule has 0 aromatic heterocycles. The minimum absolute atomic E-state index is 0.846. The van der Waals surface area contributed by atoms with Gasteiger partial charge in [-0.15, -0.1) is 0 Å². The minimum Gasteiger partial charge on any atom is -0.0651 e. The van der Waals surface area contributed by atoms with Crippen LogP contribution < -0.4 is 0 Å². The van der Waals surface area contributed by atoms with Gasteiger partial charge in [0, 0.05) is 0 Å². The zero-order chi connectivity index (χ0) is 14.7. The zero-order valence-corrected chi connectivity index (χ0v) is 14.7. The molecule has 0 spiro atoms. The summed E-state index contributed by atoms with van der Waals surface area (Å²) in [5.74, 6) is 4.29. The van der Waals surface area contributed by atoms with Crippen LogP contribution in [0.5, 0.6) is 0 Å². The molecule has 0 aliphatic heterocycles. The van der Waals surface area contributed by atoms with Crippen LogP contribution in [0.15, 0.2) is 0 Å². The van der Waals surface area contributed by atoms with Gasteiger partial charge in [0.05, 0.1) is 0 Å². The molecule has 3 rings (SSSR count). The summed E-state index contributed by atoms with van der Waals surface area (Å²) in [6.07, 6.45) is 21.6. The molecule has 3 fully saturated rings. The summed E-state index contributed by atoms with van der Waals surface area (Å²) < 4.78 is 0. The van der Waals surface area contributed by atoms with Crippen molar-refractivity contribution in [3.05, 3.63) is 0 Å². The average Bonchev–Trinajstić information content (AvgIpc) is 3.29. The van der Waals surface area contributed by atoms with E-state index in [4.69, 9.17) is 0 Å². The maximum atomic E-state index is 2.46. The molecule has 3 saturated carbocycles. The Bertz CT molecular complexity index is 306. The van der Waals surface area contributed by atoms with Gasteiger partial charge in [-0.2, -0.15) is 0 Å². The third-order valence-electron chi connectivity index (χ3n) is 7.53. The molecule has 0 aromatic carbocycles. The number of hydrogen-bond acceptors (Lipinski definition) is 0. The van der Waals surface area contributed by atoms with Crippen molar-refractivity contribution >= 4 is 0 Å². The number of hydrogen-bond donors (Lipinski definition) is 0. The van der Waals surface area contributed by atoms with E-state index in [1.807, 2.05) is 0 Å². The Hall–Kier alpha value is 0. The van der Waals surface area contributed by atoms with E-state index in [1.54, 1.807) is 57.8 Å². The minimum atomic E-state index is 0.846. The predicted octanol–water partition coefficient (Wildman–Crippen LogP) is 6.98. The fraction of sp³-hybridized carbons (Fsp3) is 1.00. The standard InChI is InChI=1S/C21H38/c1-3-18-6-4-7-19(16-18)8-5-13-21(14-15-21)20-11-9-17(2)10-12-20/h17-20H,3-16H2,1-2H3. The van der Waals surface area contributed by atoms with E-state index in [-0.39, 0.29) is 0 Å². The van der Waals surface area contributed by atoms with Crippen molar-refractivity contribution in [3.8, 4) is 0 Å². The Kier molecular flexibility index (Phi) is 5.33. The fourth-order valence-corrected chi connectivity index (χ4v) is 5.67. The molecule has 3 aliphatic rings. The maximum absolute atomic E-state index is 2.46. The van der Waals surface area contributed by atoms with E-state index in [2.05, 4.69) is 13.8 Å². The maximum Gasteiger partial charge on any atom is -0.0269 e. The Morgan fingerprint density at radius 3 is 2.29 bits per heavy atom. The van der Waals surface area contributed by atoms with E-state index in [9.17, 15) is 0 Å². The molecule has 122 valence electrons. The average molecular weight is 291 g/mol. The molecule has 0 N–H and O–H groups in total. The summed E-state index contributed by atoms with van der Waals surface area (Å²) in [6, 6.07) is 0. The van der Waals surface area contributed by atoms with E-state index >= 15 is 0 Å². The fourth-order valence-electron chi connectivity index (χ4n) is 5.67. The lowest BCUT2D eigenvalue weighted by atomic mass is 9.72. The van der Waals surface area contributed by atoms with Crippen molar-refractivity contribution in [1.29, 1.82) is 0 Å². The summed E-state index contributed by atoms with van der Waals surface area (Å²) in [7, 11) is 0. The monoisotopic (exact) mass is 290 g/mol. The summed E-state index contributed by atoms with van der Waals surface area (Å²) in [5.41, 5.74) is 0.846. The molecule has 0 amide bonds. The highest BCUT2D eigenvalue weighted by molar-refractivity contribution is 4.99. The molecule has 2 unspecified atom stereocenters. The Morgan fingerprint density at radius 1 is 0.905 bits per heavy atom. The van der Waals surface area contributed by atoms with Crippen LogP contribution in [0.1, 0.15) is 104 Å².